The van der Waals surface area contributed by atoms with Crippen molar-refractivity contribution >= 4 is 33.5 Å². The molecule has 0 aliphatic carbocycles. The van der Waals surface area contributed by atoms with E-state index >= 15 is 0 Å². The average molecular weight is 254 g/mol. The van der Waals surface area contributed by atoms with E-state index in [0.29, 0.717) is 6.61 Å². The lowest BCUT2D eigenvalue weighted by Gasteiger charge is -2.01. The summed E-state index contributed by atoms with van der Waals surface area (Å²) in [6.45, 7) is 5.66. The van der Waals surface area contributed by atoms with Crippen molar-refractivity contribution in [1.82, 2.24) is 9.71 Å². The van der Waals surface area contributed by atoms with Crippen molar-refractivity contribution in [1.29, 1.82) is 0 Å². The molecule has 2 aromatic rings. The molecule has 0 aliphatic rings. The van der Waals surface area contributed by atoms with Gasteiger partial charge in [-0.3, -0.25) is 4.72 Å². The van der Waals surface area contributed by atoms with E-state index in [1.165, 1.54) is 4.70 Å². The zero-order valence-corrected chi connectivity index (χ0v) is 11.0. The van der Waals surface area contributed by atoms with Crippen molar-refractivity contribution < 1.29 is 4.74 Å². The fourth-order valence-electron chi connectivity index (χ4n) is 1.35. The molecular weight excluding hydrogens is 240 g/mol. The maximum absolute atomic E-state index is 5.55. The number of hydrogen-bond donors (Lipinski definition) is 1. The van der Waals surface area contributed by atoms with Crippen LogP contribution in [-0.2, 0) is 0 Å². The summed E-state index contributed by atoms with van der Waals surface area (Å²) in [6, 6.07) is 6.05. The van der Waals surface area contributed by atoms with Crippen LogP contribution < -0.4 is 9.46 Å². The van der Waals surface area contributed by atoms with Crippen LogP contribution in [0.1, 0.15) is 13.8 Å². The highest BCUT2D eigenvalue weighted by Crippen LogP contribution is 2.33. The molecule has 1 aromatic carbocycles. The molecule has 1 N–H and O–H groups in total. The molecule has 0 aliphatic heterocycles. The van der Waals surface area contributed by atoms with Crippen molar-refractivity contribution in [3.05, 3.63) is 18.2 Å². The van der Waals surface area contributed by atoms with Crippen LogP contribution in [0.5, 0.6) is 5.75 Å². The Morgan fingerprint density at radius 3 is 3.06 bits per heavy atom. The van der Waals surface area contributed by atoms with E-state index < -0.39 is 0 Å². The third kappa shape index (κ3) is 2.48. The predicted octanol–water partition coefficient (Wildman–Crippen LogP) is 3.31. The standard InChI is InChI=1S/C11H14N2OS2/c1-3-12-16-11-13-10-8(14-4-2)6-5-7-9(10)15-11/h5-7,12H,3-4H2,1-2H3. The van der Waals surface area contributed by atoms with Gasteiger partial charge in [-0.2, -0.15) is 0 Å². The van der Waals surface area contributed by atoms with E-state index in [9.17, 15) is 0 Å². The number of hydrogen-bond acceptors (Lipinski definition) is 5. The van der Waals surface area contributed by atoms with Crippen molar-refractivity contribution in [2.75, 3.05) is 13.2 Å². The summed E-state index contributed by atoms with van der Waals surface area (Å²) < 4.78 is 11.0. The molecule has 0 atom stereocenters. The molecule has 0 amide bonds. The first-order chi connectivity index (χ1) is 7.85. The lowest BCUT2D eigenvalue weighted by Crippen LogP contribution is -1.99. The third-order valence-electron chi connectivity index (χ3n) is 1.97. The SMILES string of the molecule is CCNSc1nc2c(OCC)cccc2s1. The van der Waals surface area contributed by atoms with E-state index in [0.717, 1.165) is 22.2 Å². The second-order valence-electron chi connectivity index (χ2n) is 3.12. The Bertz CT molecular complexity index is 470. The first kappa shape index (κ1) is 11.7. The van der Waals surface area contributed by atoms with E-state index in [1.54, 1.807) is 23.3 Å². The lowest BCUT2D eigenvalue weighted by atomic mass is 10.3. The summed E-state index contributed by atoms with van der Waals surface area (Å²) in [5, 5.41) is 0. The zero-order valence-electron chi connectivity index (χ0n) is 9.32. The van der Waals surface area contributed by atoms with Gasteiger partial charge in [0.15, 0.2) is 4.34 Å². The number of benzene rings is 1. The Balaban J connectivity index is 2.32. The number of rotatable bonds is 5. The summed E-state index contributed by atoms with van der Waals surface area (Å²) in [5.41, 5.74) is 0.967. The number of fused-ring (bicyclic) bond motifs is 1. The van der Waals surface area contributed by atoms with Crippen molar-refractivity contribution in [2.24, 2.45) is 0 Å². The predicted molar refractivity (Wildman–Crippen MR) is 70.3 cm³/mol. The quantitative estimate of drug-likeness (QED) is 0.830. The summed E-state index contributed by atoms with van der Waals surface area (Å²) in [6.07, 6.45) is 0. The Morgan fingerprint density at radius 1 is 1.44 bits per heavy atom. The molecule has 0 saturated carbocycles. The second-order valence-corrected chi connectivity index (χ2v) is 5.28. The lowest BCUT2D eigenvalue weighted by molar-refractivity contribution is 0.343. The molecule has 5 heteroatoms. The summed E-state index contributed by atoms with van der Waals surface area (Å²) in [7, 11) is 0. The molecule has 0 radical (unpaired) electrons. The van der Waals surface area contributed by atoms with Gasteiger partial charge in [-0.15, -0.1) is 11.3 Å². The summed E-state index contributed by atoms with van der Waals surface area (Å²) >= 11 is 3.26. The molecule has 0 bridgehead atoms. The molecular formula is C11H14N2OS2. The molecule has 3 nitrogen and oxygen atoms in total. The van der Waals surface area contributed by atoms with Gasteiger partial charge in [0, 0.05) is 6.54 Å². The van der Waals surface area contributed by atoms with Gasteiger partial charge in [-0.25, -0.2) is 4.98 Å². The van der Waals surface area contributed by atoms with Gasteiger partial charge in [-0.1, -0.05) is 13.0 Å². The maximum atomic E-state index is 5.55. The molecule has 0 fully saturated rings. The van der Waals surface area contributed by atoms with E-state index in [-0.39, 0.29) is 0 Å². The summed E-state index contributed by atoms with van der Waals surface area (Å²) in [4.78, 5) is 4.56. The van der Waals surface area contributed by atoms with Crippen LogP contribution in [0.25, 0.3) is 10.2 Å². The fourth-order valence-corrected chi connectivity index (χ4v) is 3.08. The normalized spacial score (nSPS) is 10.9. The highest BCUT2D eigenvalue weighted by Gasteiger charge is 2.08. The third-order valence-corrected chi connectivity index (χ3v) is 3.98. The van der Waals surface area contributed by atoms with Gasteiger partial charge in [0.1, 0.15) is 11.3 Å². The van der Waals surface area contributed by atoms with E-state index in [1.807, 2.05) is 19.1 Å². The highest BCUT2D eigenvalue weighted by molar-refractivity contribution is 7.99. The first-order valence-electron chi connectivity index (χ1n) is 5.27. The van der Waals surface area contributed by atoms with Gasteiger partial charge >= 0.3 is 0 Å². The van der Waals surface area contributed by atoms with Crippen molar-refractivity contribution in [2.45, 2.75) is 18.2 Å². The number of para-hydroxylation sites is 1. The first-order valence-corrected chi connectivity index (χ1v) is 6.90. The van der Waals surface area contributed by atoms with Crippen LogP contribution in [0.4, 0.5) is 0 Å². The molecule has 86 valence electrons. The van der Waals surface area contributed by atoms with Gasteiger partial charge < -0.3 is 4.74 Å². The maximum Gasteiger partial charge on any atom is 0.166 e. The molecule has 1 aromatic heterocycles. The van der Waals surface area contributed by atoms with Crippen LogP contribution in [0.2, 0.25) is 0 Å². The van der Waals surface area contributed by atoms with Crippen molar-refractivity contribution in [3.63, 3.8) is 0 Å². The minimum atomic E-state index is 0.673. The minimum absolute atomic E-state index is 0.673. The van der Waals surface area contributed by atoms with Crippen LogP contribution in [0.3, 0.4) is 0 Å². The van der Waals surface area contributed by atoms with E-state index in [2.05, 4.69) is 22.7 Å². The fraction of sp³-hybridized carbons (Fsp3) is 0.364. The smallest absolute Gasteiger partial charge is 0.166 e. The Labute approximate surface area is 103 Å². The number of aromatic nitrogens is 1. The number of nitrogens with zero attached hydrogens (tertiary/aromatic N) is 1. The zero-order chi connectivity index (χ0) is 11.4. The van der Waals surface area contributed by atoms with Gasteiger partial charge in [0.05, 0.1) is 11.3 Å². The Morgan fingerprint density at radius 2 is 2.31 bits per heavy atom. The molecule has 16 heavy (non-hydrogen) atoms. The van der Waals surface area contributed by atoms with Crippen molar-refractivity contribution in [3.8, 4) is 5.75 Å². The summed E-state index contributed by atoms with van der Waals surface area (Å²) in [5.74, 6) is 0.875. The monoisotopic (exact) mass is 254 g/mol. The minimum Gasteiger partial charge on any atom is -0.492 e. The largest absolute Gasteiger partial charge is 0.492 e. The van der Waals surface area contributed by atoms with Gasteiger partial charge in [0.25, 0.3) is 0 Å². The van der Waals surface area contributed by atoms with Gasteiger partial charge in [-0.05, 0) is 31.0 Å². The number of nitrogens with one attached hydrogen (secondary N) is 1. The molecule has 0 unspecified atom stereocenters. The molecule has 1 heterocycles. The topological polar surface area (TPSA) is 34.2 Å². The van der Waals surface area contributed by atoms with Crippen LogP contribution in [-0.4, -0.2) is 18.1 Å². The number of ether oxygens (including phenoxy) is 1. The van der Waals surface area contributed by atoms with Gasteiger partial charge in [0.2, 0.25) is 0 Å². The van der Waals surface area contributed by atoms with Crippen LogP contribution >= 0.6 is 23.3 Å². The Kier molecular flexibility index (Phi) is 4.04. The van der Waals surface area contributed by atoms with Crippen LogP contribution in [0, 0.1) is 0 Å². The number of thiazole rings is 1. The Hall–Kier alpha value is -0.780. The molecule has 0 spiro atoms. The molecule has 0 saturated heterocycles. The molecule has 2 rings (SSSR count). The van der Waals surface area contributed by atoms with E-state index in [4.69, 9.17) is 4.74 Å². The van der Waals surface area contributed by atoms with Crippen LogP contribution in [0.15, 0.2) is 22.5 Å². The highest BCUT2D eigenvalue weighted by atomic mass is 32.2. The second kappa shape index (κ2) is 5.52. The average Bonchev–Trinajstić information content (AvgIpc) is 2.70.